The minimum absolute atomic E-state index is 0.0677. The molecule has 0 aliphatic heterocycles. The highest BCUT2D eigenvalue weighted by Gasteiger charge is 2.20. The molecule has 0 spiro atoms. The maximum atomic E-state index is 13.4. The van der Waals surface area contributed by atoms with Gasteiger partial charge in [-0.15, -0.1) is 5.10 Å². The molecule has 4 aromatic rings. The summed E-state index contributed by atoms with van der Waals surface area (Å²) in [5.74, 6) is -0.626. The molecular weight excluding hydrogens is 426 g/mol. The van der Waals surface area contributed by atoms with Crippen LogP contribution in [0, 0.1) is 12.7 Å². The minimum atomic E-state index is -0.562. The molecule has 0 atom stereocenters. The molecular formula is C22H15Cl2FN4O. The number of hydrogen-bond acceptors (Lipinski definition) is 3. The highest BCUT2D eigenvalue weighted by Crippen LogP contribution is 2.28. The predicted molar refractivity (Wildman–Crippen MR) is 116 cm³/mol. The van der Waals surface area contributed by atoms with Crippen LogP contribution in [0.1, 0.15) is 16.2 Å². The number of carbonyl (C=O) groups is 1. The van der Waals surface area contributed by atoms with Gasteiger partial charge in [0, 0.05) is 11.3 Å². The molecule has 1 N–H and O–H groups in total. The minimum Gasteiger partial charge on any atom is -0.319 e. The van der Waals surface area contributed by atoms with Crippen LogP contribution in [0.4, 0.5) is 10.1 Å². The maximum absolute atomic E-state index is 13.4. The molecule has 0 saturated heterocycles. The molecule has 1 amide bonds. The molecule has 5 nitrogen and oxygen atoms in total. The molecule has 30 heavy (non-hydrogen) atoms. The molecule has 0 fully saturated rings. The molecule has 0 unspecified atom stereocenters. The molecule has 0 aliphatic rings. The van der Waals surface area contributed by atoms with Gasteiger partial charge in [0.05, 0.1) is 15.7 Å². The van der Waals surface area contributed by atoms with Gasteiger partial charge in [0.15, 0.2) is 5.82 Å². The summed E-state index contributed by atoms with van der Waals surface area (Å²) in [4.78, 5) is 17.2. The Hall–Kier alpha value is -3.22. The molecule has 0 radical (unpaired) electrons. The highest BCUT2D eigenvalue weighted by atomic mass is 35.5. The smallest absolute Gasteiger partial charge is 0.295 e. The summed E-state index contributed by atoms with van der Waals surface area (Å²) in [6.07, 6.45) is 0. The van der Waals surface area contributed by atoms with Crippen LogP contribution in [0.2, 0.25) is 10.0 Å². The van der Waals surface area contributed by atoms with Crippen molar-refractivity contribution >= 4 is 34.8 Å². The van der Waals surface area contributed by atoms with E-state index in [1.807, 2.05) is 31.2 Å². The van der Waals surface area contributed by atoms with Gasteiger partial charge in [-0.05, 0) is 49.4 Å². The third-order valence-electron chi connectivity index (χ3n) is 4.32. The average Bonchev–Trinajstić information content (AvgIpc) is 3.16. The Morgan fingerprint density at radius 1 is 1.00 bits per heavy atom. The Balaban J connectivity index is 1.79. The van der Waals surface area contributed by atoms with Gasteiger partial charge < -0.3 is 5.32 Å². The second kappa shape index (κ2) is 8.26. The van der Waals surface area contributed by atoms with Crippen molar-refractivity contribution in [2.24, 2.45) is 0 Å². The predicted octanol–water partition coefficient (Wildman–Crippen LogP) is 5.94. The number of nitrogens with zero attached hydrogens (tertiary/aromatic N) is 3. The van der Waals surface area contributed by atoms with Crippen LogP contribution in [-0.2, 0) is 0 Å². The van der Waals surface area contributed by atoms with Gasteiger partial charge in [-0.1, -0.05) is 53.0 Å². The lowest BCUT2D eigenvalue weighted by atomic mass is 10.1. The van der Waals surface area contributed by atoms with E-state index in [0.717, 1.165) is 11.1 Å². The summed E-state index contributed by atoms with van der Waals surface area (Å²) in [5.41, 5.74) is 2.71. The Morgan fingerprint density at radius 2 is 1.80 bits per heavy atom. The standard InChI is InChI=1S/C22H15Cl2FN4O/c1-13-4-2-5-14(10-13)21-27-20(22(30)26-16-7-3-6-15(25)11-16)28-29(21)17-8-9-18(23)19(24)12-17/h2-12H,1H3,(H,26,30). The number of rotatable bonds is 4. The van der Waals surface area contributed by atoms with Crippen molar-refractivity contribution in [2.75, 3.05) is 5.32 Å². The van der Waals surface area contributed by atoms with Crippen molar-refractivity contribution in [3.63, 3.8) is 0 Å². The van der Waals surface area contributed by atoms with Gasteiger partial charge in [-0.3, -0.25) is 4.79 Å². The first-order valence-electron chi connectivity index (χ1n) is 8.97. The first-order chi connectivity index (χ1) is 14.4. The first kappa shape index (κ1) is 20.1. The van der Waals surface area contributed by atoms with E-state index in [1.165, 1.54) is 22.9 Å². The van der Waals surface area contributed by atoms with Crippen molar-refractivity contribution in [3.05, 3.63) is 94.0 Å². The fraction of sp³-hybridized carbons (Fsp3) is 0.0455. The van der Waals surface area contributed by atoms with Crippen molar-refractivity contribution in [1.29, 1.82) is 0 Å². The lowest BCUT2D eigenvalue weighted by molar-refractivity contribution is 0.101. The van der Waals surface area contributed by atoms with Crippen LogP contribution in [0.3, 0.4) is 0 Å². The largest absolute Gasteiger partial charge is 0.319 e. The molecule has 4 rings (SSSR count). The van der Waals surface area contributed by atoms with E-state index in [4.69, 9.17) is 23.2 Å². The molecule has 150 valence electrons. The van der Waals surface area contributed by atoms with E-state index in [2.05, 4.69) is 15.4 Å². The van der Waals surface area contributed by atoms with Crippen LogP contribution in [-0.4, -0.2) is 20.7 Å². The zero-order valence-corrected chi connectivity index (χ0v) is 17.2. The number of amides is 1. The number of nitrogens with one attached hydrogen (secondary N) is 1. The Bertz CT molecular complexity index is 1260. The second-order valence-electron chi connectivity index (χ2n) is 6.60. The maximum Gasteiger partial charge on any atom is 0.295 e. The lowest BCUT2D eigenvalue weighted by Gasteiger charge is -2.07. The molecule has 0 saturated carbocycles. The molecule has 8 heteroatoms. The zero-order chi connectivity index (χ0) is 21.3. The Kier molecular flexibility index (Phi) is 5.53. The van der Waals surface area contributed by atoms with Gasteiger partial charge in [0.25, 0.3) is 5.91 Å². The monoisotopic (exact) mass is 440 g/mol. The number of aromatic nitrogens is 3. The average molecular weight is 441 g/mol. The van der Waals surface area contributed by atoms with E-state index in [1.54, 1.807) is 24.3 Å². The fourth-order valence-electron chi connectivity index (χ4n) is 2.93. The van der Waals surface area contributed by atoms with E-state index in [9.17, 15) is 9.18 Å². The summed E-state index contributed by atoms with van der Waals surface area (Å²) in [6, 6.07) is 18.3. The Labute approximate surface area is 182 Å². The van der Waals surface area contributed by atoms with Gasteiger partial charge in [0.2, 0.25) is 5.82 Å². The summed E-state index contributed by atoms with van der Waals surface area (Å²) in [6.45, 7) is 1.96. The van der Waals surface area contributed by atoms with Crippen molar-refractivity contribution in [1.82, 2.24) is 14.8 Å². The summed E-state index contributed by atoms with van der Waals surface area (Å²) >= 11 is 12.2. The summed E-state index contributed by atoms with van der Waals surface area (Å²) in [7, 11) is 0. The number of anilines is 1. The van der Waals surface area contributed by atoms with E-state index >= 15 is 0 Å². The van der Waals surface area contributed by atoms with Crippen LogP contribution in [0.15, 0.2) is 66.7 Å². The lowest BCUT2D eigenvalue weighted by Crippen LogP contribution is -2.14. The number of halogens is 3. The summed E-state index contributed by atoms with van der Waals surface area (Å²) in [5, 5.41) is 7.74. The van der Waals surface area contributed by atoms with Crippen LogP contribution >= 0.6 is 23.2 Å². The summed E-state index contributed by atoms with van der Waals surface area (Å²) < 4.78 is 15.0. The quantitative estimate of drug-likeness (QED) is 0.426. The SMILES string of the molecule is Cc1cccc(-c2nc(C(=O)Nc3cccc(F)c3)nn2-c2ccc(Cl)c(Cl)c2)c1. The van der Waals surface area contributed by atoms with Crippen LogP contribution in [0.5, 0.6) is 0 Å². The van der Waals surface area contributed by atoms with Crippen LogP contribution in [0.25, 0.3) is 17.1 Å². The van der Waals surface area contributed by atoms with Crippen LogP contribution < -0.4 is 5.32 Å². The normalized spacial score (nSPS) is 10.8. The molecule has 0 bridgehead atoms. The van der Waals surface area contributed by atoms with Gasteiger partial charge >= 0.3 is 0 Å². The van der Waals surface area contributed by atoms with Gasteiger partial charge in [-0.2, -0.15) is 0 Å². The van der Waals surface area contributed by atoms with Gasteiger partial charge in [0.1, 0.15) is 5.82 Å². The number of hydrogen-bond donors (Lipinski definition) is 1. The molecule has 1 heterocycles. The number of aryl methyl sites for hydroxylation is 1. The topological polar surface area (TPSA) is 59.8 Å². The number of carbonyl (C=O) groups excluding carboxylic acids is 1. The second-order valence-corrected chi connectivity index (χ2v) is 7.42. The Morgan fingerprint density at radius 3 is 2.53 bits per heavy atom. The van der Waals surface area contributed by atoms with Gasteiger partial charge in [-0.25, -0.2) is 14.1 Å². The van der Waals surface area contributed by atoms with Crippen molar-refractivity contribution in [2.45, 2.75) is 6.92 Å². The van der Waals surface area contributed by atoms with E-state index < -0.39 is 11.7 Å². The third-order valence-corrected chi connectivity index (χ3v) is 5.06. The van der Waals surface area contributed by atoms with Crippen molar-refractivity contribution < 1.29 is 9.18 Å². The molecule has 3 aromatic carbocycles. The molecule has 0 aliphatic carbocycles. The van der Waals surface area contributed by atoms with E-state index in [-0.39, 0.29) is 5.82 Å². The highest BCUT2D eigenvalue weighted by molar-refractivity contribution is 6.42. The molecule has 1 aromatic heterocycles. The zero-order valence-electron chi connectivity index (χ0n) is 15.7. The third kappa shape index (κ3) is 4.20. The number of benzene rings is 3. The first-order valence-corrected chi connectivity index (χ1v) is 9.73. The van der Waals surface area contributed by atoms with Crippen molar-refractivity contribution in [3.8, 4) is 17.1 Å². The van der Waals surface area contributed by atoms with E-state index in [0.29, 0.717) is 27.2 Å². The fourth-order valence-corrected chi connectivity index (χ4v) is 3.22.